The first kappa shape index (κ1) is 16.4. The van der Waals surface area contributed by atoms with Gasteiger partial charge in [-0.05, 0) is 36.2 Å². The van der Waals surface area contributed by atoms with Crippen LogP contribution in [0.3, 0.4) is 0 Å². The minimum absolute atomic E-state index is 0.229. The van der Waals surface area contributed by atoms with Crippen LogP contribution in [0.1, 0.15) is 20.8 Å². The molecule has 6 heteroatoms. The van der Waals surface area contributed by atoms with Gasteiger partial charge in [0.25, 0.3) is 5.91 Å². The van der Waals surface area contributed by atoms with Crippen molar-refractivity contribution in [3.05, 3.63) is 69.9 Å². The number of hydrogen-bond acceptors (Lipinski definition) is 5. The van der Waals surface area contributed by atoms with Gasteiger partial charge in [0, 0.05) is 15.8 Å². The molecule has 2 heterocycles. The smallest absolute Gasteiger partial charge is 0.272 e. The van der Waals surface area contributed by atoms with Gasteiger partial charge in [0.05, 0.1) is 11.8 Å². The number of hydrogen-bond donors (Lipinski definition) is 1. The Kier molecular flexibility index (Phi) is 4.41. The number of ether oxygens (including phenoxy) is 2. The maximum atomic E-state index is 12.6. The van der Waals surface area contributed by atoms with Crippen molar-refractivity contribution in [1.82, 2.24) is 5.43 Å². The lowest BCUT2D eigenvalue weighted by molar-refractivity contribution is 0.0956. The fraction of sp³-hybridized carbons (Fsp3) is 0.100. The van der Waals surface area contributed by atoms with E-state index >= 15 is 0 Å². The molecular weight excluding hydrogens is 348 g/mol. The first-order valence-electron chi connectivity index (χ1n) is 8.09. The number of nitrogens with one attached hydrogen (secondary N) is 1. The SMILES string of the molecule is Cc1scc(C(=O)NN=Cc2ccc3c(c2)OCO3)c1-c1ccccc1. The predicted octanol–water partition coefficient (Wildman–Crippen LogP) is 4.22. The van der Waals surface area contributed by atoms with E-state index in [4.69, 9.17) is 9.47 Å². The van der Waals surface area contributed by atoms with Crippen LogP contribution in [0.5, 0.6) is 11.5 Å². The van der Waals surface area contributed by atoms with Gasteiger partial charge in [-0.15, -0.1) is 11.3 Å². The summed E-state index contributed by atoms with van der Waals surface area (Å²) >= 11 is 1.55. The lowest BCUT2D eigenvalue weighted by Gasteiger charge is -2.05. The minimum atomic E-state index is -0.231. The van der Waals surface area contributed by atoms with Crippen molar-refractivity contribution in [2.24, 2.45) is 5.10 Å². The van der Waals surface area contributed by atoms with E-state index in [0.717, 1.165) is 21.6 Å². The van der Waals surface area contributed by atoms with Gasteiger partial charge < -0.3 is 9.47 Å². The van der Waals surface area contributed by atoms with Gasteiger partial charge in [-0.3, -0.25) is 4.79 Å². The summed E-state index contributed by atoms with van der Waals surface area (Å²) in [7, 11) is 0. The van der Waals surface area contributed by atoms with Gasteiger partial charge in [0.15, 0.2) is 11.5 Å². The molecule has 3 aromatic rings. The summed E-state index contributed by atoms with van der Waals surface area (Å²) in [5, 5.41) is 5.94. The largest absolute Gasteiger partial charge is 0.454 e. The summed E-state index contributed by atoms with van der Waals surface area (Å²) in [6.45, 7) is 2.24. The summed E-state index contributed by atoms with van der Waals surface area (Å²) in [6, 6.07) is 15.4. The highest BCUT2D eigenvalue weighted by molar-refractivity contribution is 7.10. The fourth-order valence-corrected chi connectivity index (χ4v) is 3.67. The van der Waals surface area contributed by atoms with Crippen LogP contribution in [-0.4, -0.2) is 18.9 Å². The van der Waals surface area contributed by atoms with E-state index in [9.17, 15) is 4.79 Å². The molecule has 5 nitrogen and oxygen atoms in total. The molecule has 1 aliphatic heterocycles. The summed E-state index contributed by atoms with van der Waals surface area (Å²) in [4.78, 5) is 13.7. The van der Waals surface area contributed by atoms with Gasteiger partial charge in [0.2, 0.25) is 6.79 Å². The van der Waals surface area contributed by atoms with Gasteiger partial charge in [-0.25, -0.2) is 5.43 Å². The summed E-state index contributed by atoms with van der Waals surface area (Å²) in [5.41, 5.74) is 6.02. The third kappa shape index (κ3) is 3.19. The number of rotatable bonds is 4. The Bertz CT molecular complexity index is 980. The summed E-state index contributed by atoms with van der Waals surface area (Å²) < 4.78 is 10.6. The Morgan fingerprint density at radius 3 is 2.81 bits per heavy atom. The average Bonchev–Trinajstić information content (AvgIpc) is 3.28. The Labute approximate surface area is 154 Å². The molecule has 4 rings (SSSR count). The zero-order chi connectivity index (χ0) is 17.9. The molecule has 0 fully saturated rings. The Hall–Kier alpha value is -3.12. The van der Waals surface area contributed by atoms with Crippen molar-refractivity contribution in [1.29, 1.82) is 0 Å². The number of amides is 1. The molecule has 0 bridgehead atoms. The molecular formula is C20H16N2O3S. The van der Waals surface area contributed by atoms with E-state index in [-0.39, 0.29) is 12.7 Å². The minimum Gasteiger partial charge on any atom is -0.454 e. The molecule has 0 unspecified atom stereocenters. The quantitative estimate of drug-likeness (QED) is 0.557. The van der Waals surface area contributed by atoms with Crippen LogP contribution in [0.15, 0.2) is 59.0 Å². The van der Waals surface area contributed by atoms with Gasteiger partial charge >= 0.3 is 0 Å². The molecule has 0 atom stereocenters. The Morgan fingerprint density at radius 2 is 1.96 bits per heavy atom. The third-order valence-corrected chi connectivity index (χ3v) is 4.97. The van der Waals surface area contributed by atoms with Crippen LogP contribution < -0.4 is 14.9 Å². The first-order valence-corrected chi connectivity index (χ1v) is 8.97. The second-order valence-electron chi connectivity index (χ2n) is 5.76. The van der Waals surface area contributed by atoms with Crippen LogP contribution in [0.25, 0.3) is 11.1 Å². The van der Waals surface area contributed by atoms with Crippen LogP contribution >= 0.6 is 11.3 Å². The van der Waals surface area contributed by atoms with Crippen LogP contribution in [-0.2, 0) is 0 Å². The lowest BCUT2D eigenvalue weighted by Crippen LogP contribution is -2.17. The standard InChI is InChI=1S/C20H16N2O3S/c1-13-19(15-5-3-2-4-6-15)16(11-26-13)20(23)22-21-10-14-7-8-17-18(9-14)25-12-24-17/h2-11H,12H2,1H3,(H,22,23). The normalized spacial score (nSPS) is 12.5. The number of nitrogens with zero attached hydrogens (tertiary/aromatic N) is 1. The van der Waals surface area contributed by atoms with E-state index < -0.39 is 0 Å². The topological polar surface area (TPSA) is 59.9 Å². The Balaban J connectivity index is 1.51. The lowest BCUT2D eigenvalue weighted by atomic mass is 10.0. The van der Waals surface area contributed by atoms with Crippen LogP contribution in [0.4, 0.5) is 0 Å². The number of benzene rings is 2. The van der Waals surface area contributed by atoms with E-state index in [1.54, 1.807) is 17.6 Å². The van der Waals surface area contributed by atoms with Crippen molar-refractivity contribution in [2.75, 3.05) is 6.79 Å². The van der Waals surface area contributed by atoms with Crippen molar-refractivity contribution >= 4 is 23.5 Å². The zero-order valence-electron chi connectivity index (χ0n) is 14.1. The Morgan fingerprint density at radius 1 is 1.15 bits per heavy atom. The molecule has 0 radical (unpaired) electrons. The highest BCUT2D eigenvalue weighted by Crippen LogP contribution is 2.33. The van der Waals surface area contributed by atoms with Gasteiger partial charge in [-0.1, -0.05) is 30.3 Å². The van der Waals surface area contributed by atoms with Crippen molar-refractivity contribution in [3.63, 3.8) is 0 Å². The maximum Gasteiger partial charge on any atom is 0.272 e. The number of carbonyl (C=O) groups is 1. The third-order valence-electron chi connectivity index (χ3n) is 4.06. The fourth-order valence-electron chi connectivity index (χ4n) is 2.80. The van der Waals surface area contributed by atoms with Crippen molar-refractivity contribution in [3.8, 4) is 22.6 Å². The molecule has 0 saturated heterocycles. The number of thiophene rings is 1. The molecule has 130 valence electrons. The number of fused-ring (bicyclic) bond motifs is 1. The molecule has 1 aliphatic rings. The van der Waals surface area contributed by atoms with E-state index in [2.05, 4.69) is 10.5 Å². The predicted molar refractivity (Wildman–Crippen MR) is 102 cm³/mol. The highest BCUT2D eigenvalue weighted by atomic mass is 32.1. The average molecular weight is 364 g/mol. The monoisotopic (exact) mass is 364 g/mol. The number of hydrazone groups is 1. The molecule has 1 amide bonds. The summed E-state index contributed by atoms with van der Waals surface area (Å²) in [6.07, 6.45) is 1.58. The van der Waals surface area contributed by atoms with Gasteiger partial charge in [-0.2, -0.15) is 5.10 Å². The molecule has 1 N–H and O–H groups in total. The molecule has 2 aromatic carbocycles. The second-order valence-corrected chi connectivity index (χ2v) is 6.84. The molecule has 0 aliphatic carbocycles. The molecule has 0 spiro atoms. The molecule has 0 saturated carbocycles. The summed E-state index contributed by atoms with van der Waals surface area (Å²) in [5.74, 6) is 1.16. The number of carbonyl (C=O) groups excluding carboxylic acids is 1. The van der Waals surface area contributed by atoms with Crippen LogP contribution in [0.2, 0.25) is 0 Å². The highest BCUT2D eigenvalue weighted by Gasteiger charge is 2.17. The van der Waals surface area contributed by atoms with Crippen molar-refractivity contribution < 1.29 is 14.3 Å². The van der Waals surface area contributed by atoms with Crippen LogP contribution in [0, 0.1) is 6.92 Å². The zero-order valence-corrected chi connectivity index (χ0v) is 14.9. The number of aryl methyl sites for hydroxylation is 1. The van der Waals surface area contributed by atoms with E-state index in [0.29, 0.717) is 17.1 Å². The maximum absolute atomic E-state index is 12.6. The van der Waals surface area contributed by atoms with Gasteiger partial charge in [0.1, 0.15) is 0 Å². The molecule has 26 heavy (non-hydrogen) atoms. The van der Waals surface area contributed by atoms with E-state index in [1.165, 1.54) is 0 Å². The molecule has 1 aromatic heterocycles. The van der Waals surface area contributed by atoms with Crippen molar-refractivity contribution in [2.45, 2.75) is 6.92 Å². The van der Waals surface area contributed by atoms with E-state index in [1.807, 2.05) is 60.8 Å². The first-order chi connectivity index (χ1) is 12.7. The second kappa shape index (κ2) is 7.01.